The first-order valence-corrected chi connectivity index (χ1v) is 9.71. The smallest absolute Gasteiger partial charge is 0.259 e. The molecule has 0 saturated carbocycles. The summed E-state index contributed by atoms with van der Waals surface area (Å²) in [5.74, 6) is 0. The number of benzene rings is 2. The van der Waals surface area contributed by atoms with Gasteiger partial charge >= 0.3 is 0 Å². The van der Waals surface area contributed by atoms with Gasteiger partial charge in [-0.3, -0.25) is 4.31 Å². The van der Waals surface area contributed by atoms with Gasteiger partial charge in [0.2, 0.25) is 0 Å². The number of nitrogens with zero attached hydrogens (tertiary/aromatic N) is 1. The van der Waals surface area contributed by atoms with Gasteiger partial charge in [-0.2, -0.15) is 0 Å². The van der Waals surface area contributed by atoms with Gasteiger partial charge in [0.15, 0.2) is 0 Å². The summed E-state index contributed by atoms with van der Waals surface area (Å²) in [6.07, 6.45) is 0.708. The van der Waals surface area contributed by atoms with Gasteiger partial charge in [-0.15, -0.1) is 0 Å². The number of fused-ring (bicyclic) bond motifs is 1. The van der Waals surface area contributed by atoms with E-state index in [4.69, 9.17) is 0 Å². The number of alkyl halides is 1. The maximum absolute atomic E-state index is 13.2. The second-order valence-electron chi connectivity index (χ2n) is 6.02. The molecule has 0 aliphatic carbocycles. The van der Waals surface area contributed by atoms with E-state index in [0.717, 1.165) is 16.8 Å². The van der Waals surface area contributed by atoms with Crippen LogP contribution in [0, 0.1) is 6.92 Å². The average molecular weight is 380 g/mol. The van der Waals surface area contributed by atoms with Crippen molar-refractivity contribution in [1.82, 2.24) is 0 Å². The van der Waals surface area contributed by atoms with Gasteiger partial charge < -0.3 is 0 Å². The molecule has 0 amide bonds. The fraction of sp³-hybridized carbons (Fsp3) is 0.294. The van der Waals surface area contributed by atoms with Crippen LogP contribution in [0.1, 0.15) is 18.1 Å². The van der Waals surface area contributed by atoms with Crippen LogP contribution in [-0.2, 0) is 16.4 Å². The minimum absolute atomic E-state index is 0.335. The first-order valence-electron chi connectivity index (χ1n) is 7.14. The zero-order chi connectivity index (χ0) is 16.0. The second kappa shape index (κ2) is 5.39. The lowest BCUT2D eigenvalue weighted by Gasteiger charge is -2.35. The minimum atomic E-state index is -3.59. The number of hydrogen-bond acceptors (Lipinski definition) is 2. The van der Waals surface area contributed by atoms with Crippen molar-refractivity contribution in [3.63, 3.8) is 0 Å². The molecule has 1 atom stereocenters. The molecule has 1 aliphatic rings. The monoisotopic (exact) mass is 379 g/mol. The molecular weight excluding hydrogens is 362 g/mol. The third-order valence-corrected chi connectivity index (χ3v) is 7.31. The normalized spacial score (nSPS) is 21.0. The van der Waals surface area contributed by atoms with E-state index in [2.05, 4.69) is 15.9 Å². The Morgan fingerprint density at radius 3 is 2.41 bits per heavy atom. The number of aryl methyl sites for hydroxylation is 1. The zero-order valence-corrected chi connectivity index (χ0v) is 15.0. The molecule has 2 aromatic rings. The highest BCUT2D eigenvalue weighted by Gasteiger charge is 2.46. The van der Waals surface area contributed by atoms with Gasteiger partial charge in [0.1, 0.15) is 0 Å². The summed E-state index contributed by atoms with van der Waals surface area (Å²) in [7, 11) is -3.59. The fourth-order valence-electron chi connectivity index (χ4n) is 2.97. The number of hydrogen-bond donors (Lipinski definition) is 0. The van der Waals surface area contributed by atoms with E-state index in [9.17, 15) is 8.42 Å². The summed E-state index contributed by atoms with van der Waals surface area (Å²) in [6, 6.07) is 14.8. The van der Waals surface area contributed by atoms with Gasteiger partial charge in [-0.25, -0.2) is 8.42 Å². The minimum Gasteiger partial charge on any atom is -0.259 e. The van der Waals surface area contributed by atoms with Crippen molar-refractivity contribution in [2.24, 2.45) is 0 Å². The Morgan fingerprint density at radius 1 is 1.14 bits per heavy atom. The first kappa shape index (κ1) is 15.6. The Morgan fingerprint density at radius 2 is 1.77 bits per heavy atom. The Bertz CT molecular complexity index is 802. The highest BCUT2D eigenvalue weighted by molar-refractivity contribution is 9.09. The molecule has 5 heteroatoms. The molecule has 116 valence electrons. The molecule has 0 spiro atoms. The van der Waals surface area contributed by atoms with Crippen LogP contribution in [0.25, 0.3) is 0 Å². The Labute approximate surface area is 140 Å². The van der Waals surface area contributed by atoms with Crippen LogP contribution in [0.15, 0.2) is 53.4 Å². The molecule has 1 heterocycles. The van der Waals surface area contributed by atoms with E-state index in [1.165, 1.54) is 0 Å². The number of rotatable bonds is 3. The quantitative estimate of drug-likeness (QED) is 0.758. The lowest BCUT2D eigenvalue weighted by molar-refractivity contribution is 0.530. The molecule has 0 bridgehead atoms. The molecule has 22 heavy (non-hydrogen) atoms. The number of anilines is 1. The van der Waals surface area contributed by atoms with Crippen LogP contribution in [0.4, 0.5) is 5.69 Å². The highest BCUT2D eigenvalue weighted by atomic mass is 79.9. The third kappa shape index (κ3) is 2.36. The Balaban J connectivity index is 2.17. The summed E-state index contributed by atoms with van der Waals surface area (Å²) in [5, 5.41) is 0.583. The van der Waals surface area contributed by atoms with E-state index in [1.54, 1.807) is 16.4 Å². The molecule has 0 fully saturated rings. The maximum Gasteiger partial charge on any atom is 0.264 e. The molecule has 3 nitrogen and oxygen atoms in total. The van der Waals surface area contributed by atoms with E-state index in [-0.39, 0.29) is 0 Å². The number of halogens is 1. The molecule has 3 rings (SSSR count). The van der Waals surface area contributed by atoms with Crippen LogP contribution in [-0.4, -0.2) is 19.3 Å². The predicted octanol–water partition coefficient (Wildman–Crippen LogP) is 3.90. The molecular formula is C17H18BrNO2S. The van der Waals surface area contributed by atoms with Crippen molar-refractivity contribution in [2.45, 2.75) is 30.7 Å². The van der Waals surface area contributed by atoms with E-state index >= 15 is 0 Å². The van der Waals surface area contributed by atoms with Crippen molar-refractivity contribution in [1.29, 1.82) is 0 Å². The summed E-state index contributed by atoms with van der Waals surface area (Å²) in [5.41, 5.74) is 2.40. The Hall–Kier alpha value is -1.33. The average Bonchev–Trinajstić information content (AvgIpc) is 2.81. The lowest BCUT2D eigenvalue weighted by atomic mass is 10.0. The van der Waals surface area contributed by atoms with Crippen molar-refractivity contribution >= 4 is 31.6 Å². The van der Waals surface area contributed by atoms with Crippen LogP contribution < -0.4 is 4.31 Å². The SMILES string of the molecule is Cc1ccc(S(=O)(=O)N2c3ccccc3CC2(C)CBr)cc1. The maximum atomic E-state index is 13.2. The van der Waals surface area contributed by atoms with Gasteiger partial charge in [-0.05, 0) is 44.0 Å². The molecule has 0 N–H and O–H groups in total. The van der Waals surface area contributed by atoms with Gasteiger partial charge in [-0.1, -0.05) is 51.8 Å². The van der Waals surface area contributed by atoms with Gasteiger partial charge in [0.25, 0.3) is 10.0 Å². The largest absolute Gasteiger partial charge is 0.264 e. The summed E-state index contributed by atoms with van der Waals surface area (Å²) in [4.78, 5) is 0.335. The lowest BCUT2D eigenvalue weighted by Crippen LogP contribution is -2.49. The topological polar surface area (TPSA) is 37.4 Å². The number of sulfonamides is 1. The third-order valence-electron chi connectivity index (χ3n) is 4.12. The molecule has 0 saturated heterocycles. The van der Waals surface area contributed by atoms with Crippen LogP contribution >= 0.6 is 15.9 Å². The highest BCUT2D eigenvalue weighted by Crippen LogP contribution is 2.43. The standard InChI is InChI=1S/C17H18BrNO2S/c1-13-7-9-15(10-8-13)22(20,21)19-16-6-4-3-5-14(16)11-17(19,2)12-18/h3-10H,11-12H2,1-2H3. The molecule has 1 unspecified atom stereocenters. The summed E-state index contributed by atoms with van der Waals surface area (Å²) >= 11 is 3.50. The first-order chi connectivity index (χ1) is 10.4. The van der Waals surface area contributed by atoms with E-state index < -0.39 is 15.6 Å². The molecule has 0 radical (unpaired) electrons. The van der Waals surface area contributed by atoms with Crippen LogP contribution in [0.5, 0.6) is 0 Å². The van der Waals surface area contributed by atoms with Crippen LogP contribution in [0.3, 0.4) is 0 Å². The van der Waals surface area contributed by atoms with Crippen molar-refractivity contribution in [3.8, 4) is 0 Å². The van der Waals surface area contributed by atoms with E-state index in [0.29, 0.717) is 16.6 Å². The van der Waals surface area contributed by atoms with Crippen molar-refractivity contribution in [2.75, 3.05) is 9.64 Å². The fourth-order valence-corrected chi connectivity index (χ4v) is 5.42. The zero-order valence-electron chi connectivity index (χ0n) is 12.6. The summed E-state index contributed by atoms with van der Waals surface area (Å²) < 4.78 is 28.0. The van der Waals surface area contributed by atoms with Crippen molar-refractivity contribution < 1.29 is 8.42 Å². The second-order valence-corrected chi connectivity index (χ2v) is 8.37. The van der Waals surface area contributed by atoms with Crippen molar-refractivity contribution in [3.05, 3.63) is 59.7 Å². The molecule has 1 aliphatic heterocycles. The number of para-hydroxylation sites is 1. The predicted molar refractivity (Wildman–Crippen MR) is 93.2 cm³/mol. The van der Waals surface area contributed by atoms with Gasteiger partial charge in [0, 0.05) is 5.33 Å². The van der Waals surface area contributed by atoms with Gasteiger partial charge in [0.05, 0.1) is 16.1 Å². The summed E-state index contributed by atoms with van der Waals surface area (Å²) in [6.45, 7) is 3.93. The Kier molecular flexibility index (Phi) is 3.81. The van der Waals surface area contributed by atoms with Crippen LogP contribution in [0.2, 0.25) is 0 Å². The van der Waals surface area contributed by atoms with E-state index in [1.807, 2.05) is 50.2 Å². The molecule has 0 aromatic heterocycles. The molecule has 2 aromatic carbocycles.